The highest BCUT2D eigenvalue weighted by molar-refractivity contribution is 8.01. The van der Waals surface area contributed by atoms with E-state index in [1.54, 1.807) is 30.0 Å². The molecule has 0 spiro atoms. The molecule has 4 nitrogen and oxygen atoms in total. The van der Waals surface area contributed by atoms with Gasteiger partial charge < -0.3 is 10.5 Å². The van der Waals surface area contributed by atoms with Gasteiger partial charge in [-0.05, 0) is 25.5 Å². The van der Waals surface area contributed by atoms with Crippen LogP contribution < -0.4 is 5.73 Å². The molecule has 0 fully saturated rings. The fourth-order valence-corrected chi connectivity index (χ4v) is 3.71. The summed E-state index contributed by atoms with van der Waals surface area (Å²) < 4.78 is 7.06. The van der Waals surface area contributed by atoms with Crippen LogP contribution in [-0.2, 0) is 9.53 Å². The SMILES string of the molecule is CCOC(=O)C(N)CCSc1nc2ccccc2s1. The number of ether oxygens (including phenoxy) is 1. The van der Waals surface area contributed by atoms with Crippen molar-refractivity contribution in [1.29, 1.82) is 0 Å². The zero-order valence-electron chi connectivity index (χ0n) is 10.7. The number of fused-ring (bicyclic) bond motifs is 1. The lowest BCUT2D eigenvalue weighted by Crippen LogP contribution is -2.32. The van der Waals surface area contributed by atoms with Crippen molar-refractivity contribution in [3.63, 3.8) is 0 Å². The number of carbonyl (C=O) groups is 1. The van der Waals surface area contributed by atoms with Gasteiger partial charge in [-0.3, -0.25) is 4.79 Å². The normalized spacial score (nSPS) is 12.5. The van der Waals surface area contributed by atoms with Crippen molar-refractivity contribution in [2.45, 2.75) is 23.7 Å². The van der Waals surface area contributed by atoms with Crippen LogP contribution in [0, 0.1) is 0 Å². The van der Waals surface area contributed by atoms with Crippen LogP contribution in [0.3, 0.4) is 0 Å². The molecule has 1 unspecified atom stereocenters. The highest BCUT2D eigenvalue weighted by Gasteiger charge is 2.14. The number of nitrogens with zero attached hydrogens (tertiary/aromatic N) is 1. The van der Waals surface area contributed by atoms with Crippen molar-refractivity contribution in [2.24, 2.45) is 5.73 Å². The molecule has 1 heterocycles. The summed E-state index contributed by atoms with van der Waals surface area (Å²) in [5.74, 6) is 0.437. The van der Waals surface area contributed by atoms with Gasteiger partial charge in [-0.25, -0.2) is 4.98 Å². The predicted molar refractivity (Wildman–Crippen MR) is 79.6 cm³/mol. The molecule has 2 N–H and O–H groups in total. The number of hydrogen-bond donors (Lipinski definition) is 1. The number of carbonyl (C=O) groups excluding carboxylic acids is 1. The van der Waals surface area contributed by atoms with Crippen molar-refractivity contribution in [1.82, 2.24) is 4.98 Å². The summed E-state index contributed by atoms with van der Waals surface area (Å²) >= 11 is 3.29. The summed E-state index contributed by atoms with van der Waals surface area (Å²) in [5, 5.41) is 0. The molecule has 6 heteroatoms. The molecule has 2 aromatic rings. The number of rotatable bonds is 6. The zero-order chi connectivity index (χ0) is 13.7. The second-order valence-electron chi connectivity index (χ2n) is 3.94. The van der Waals surface area contributed by atoms with Crippen molar-refractivity contribution in [3.8, 4) is 0 Å². The first-order valence-electron chi connectivity index (χ1n) is 6.11. The Kier molecular flexibility index (Phi) is 5.18. The van der Waals surface area contributed by atoms with Gasteiger partial charge in [-0.2, -0.15) is 0 Å². The molecule has 0 amide bonds. The minimum atomic E-state index is -0.540. The van der Waals surface area contributed by atoms with E-state index in [4.69, 9.17) is 10.5 Å². The lowest BCUT2D eigenvalue weighted by Gasteiger charge is -2.08. The first-order chi connectivity index (χ1) is 9.20. The Labute approximate surface area is 120 Å². The molecule has 0 bridgehead atoms. The quantitative estimate of drug-likeness (QED) is 0.656. The molecule has 2 rings (SSSR count). The van der Waals surface area contributed by atoms with Gasteiger partial charge in [0, 0.05) is 5.75 Å². The molecule has 1 atom stereocenters. The Hall–Kier alpha value is -1.11. The largest absolute Gasteiger partial charge is 0.465 e. The Morgan fingerprint density at radius 3 is 3.05 bits per heavy atom. The van der Waals surface area contributed by atoms with Crippen molar-refractivity contribution in [2.75, 3.05) is 12.4 Å². The summed E-state index contributed by atoms with van der Waals surface area (Å²) in [4.78, 5) is 15.9. The zero-order valence-corrected chi connectivity index (χ0v) is 12.3. The third kappa shape index (κ3) is 3.92. The lowest BCUT2D eigenvalue weighted by molar-refractivity contribution is -0.144. The number of para-hydroxylation sites is 1. The minimum Gasteiger partial charge on any atom is -0.465 e. The average Bonchev–Trinajstić information content (AvgIpc) is 2.81. The topological polar surface area (TPSA) is 65.2 Å². The molecule has 102 valence electrons. The summed E-state index contributed by atoms with van der Waals surface area (Å²) in [6.07, 6.45) is 0.597. The molecule has 19 heavy (non-hydrogen) atoms. The number of esters is 1. The lowest BCUT2D eigenvalue weighted by atomic mass is 10.2. The van der Waals surface area contributed by atoms with Gasteiger partial charge in [0.05, 0.1) is 16.8 Å². The first-order valence-corrected chi connectivity index (χ1v) is 7.91. The number of benzene rings is 1. The van der Waals surface area contributed by atoms with Crippen LogP contribution in [0.15, 0.2) is 28.6 Å². The van der Waals surface area contributed by atoms with Crippen LogP contribution in [-0.4, -0.2) is 29.4 Å². The van der Waals surface area contributed by atoms with E-state index in [9.17, 15) is 4.79 Å². The number of nitrogens with two attached hydrogens (primary N) is 1. The van der Waals surface area contributed by atoms with E-state index in [0.717, 1.165) is 15.6 Å². The summed E-state index contributed by atoms with van der Waals surface area (Å²) in [5.41, 5.74) is 6.76. The monoisotopic (exact) mass is 296 g/mol. The third-order valence-corrected chi connectivity index (χ3v) is 4.73. The maximum atomic E-state index is 11.4. The molecule has 1 aromatic carbocycles. The fourth-order valence-electron chi connectivity index (χ4n) is 1.55. The van der Waals surface area contributed by atoms with Gasteiger partial charge in [0.2, 0.25) is 0 Å². The molecule has 1 aromatic heterocycles. The molecule has 0 saturated heterocycles. The first kappa shape index (κ1) is 14.3. The standard InChI is InChI=1S/C13H16N2O2S2/c1-2-17-12(16)9(14)7-8-18-13-15-10-5-3-4-6-11(10)19-13/h3-6,9H,2,7-8,14H2,1H3. The molecule has 0 aliphatic heterocycles. The maximum Gasteiger partial charge on any atom is 0.322 e. The average molecular weight is 296 g/mol. The highest BCUT2D eigenvalue weighted by atomic mass is 32.2. The number of hydrogen-bond acceptors (Lipinski definition) is 6. The van der Waals surface area contributed by atoms with E-state index in [1.807, 2.05) is 18.2 Å². The minimum absolute atomic E-state index is 0.326. The number of thioether (sulfide) groups is 1. The molecular formula is C13H16N2O2S2. The van der Waals surface area contributed by atoms with Crippen LogP contribution >= 0.6 is 23.1 Å². The molecular weight excluding hydrogens is 280 g/mol. The second-order valence-corrected chi connectivity index (χ2v) is 6.32. The van der Waals surface area contributed by atoms with Gasteiger partial charge in [-0.15, -0.1) is 11.3 Å². The van der Waals surface area contributed by atoms with E-state index < -0.39 is 6.04 Å². The van der Waals surface area contributed by atoms with E-state index in [1.165, 1.54) is 4.70 Å². The van der Waals surface area contributed by atoms with Crippen LogP contribution in [0.25, 0.3) is 10.2 Å². The molecule has 0 aliphatic rings. The van der Waals surface area contributed by atoms with Gasteiger partial charge in [0.1, 0.15) is 6.04 Å². The van der Waals surface area contributed by atoms with Gasteiger partial charge >= 0.3 is 5.97 Å². The summed E-state index contributed by atoms with van der Waals surface area (Å²) in [6, 6.07) is 7.50. The third-order valence-electron chi connectivity index (χ3n) is 2.52. The highest BCUT2D eigenvalue weighted by Crippen LogP contribution is 2.29. The maximum absolute atomic E-state index is 11.4. The van der Waals surface area contributed by atoms with Crippen LogP contribution in [0.4, 0.5) is 0 Å². The molecule has 0 aliphatic carbocycles. The van der Waals surface area contributed by atoms with E-state index >= 15 is 0 Å². The van der Waals surface area contributed by atoms with Crippen LogP contribution in [0.1, 0.15) is 13.3 Å². The van der Waals surface area contributed by atoms with Crippen LogP contribution in [0.5, 0.6) is 0 Å². The summed E-state index contributed by atoms with van der Waals surface area (Å²) in [6.45, 7) is 2.15. The van der Waals surface area contributed by atoms with Crippen molar-refractivity contribution in [3.05, 3.63) is 24.3 Å². The van der Waals surface area contributed by atoms with Gasteiger partial charge in [0.25, 0.3) is 0 Å². The predicted octanol–water partition coefficient (Wildman–Crippen LogP) is 2.67. The van der Waals surface area contributed by atoms with E-state index in [0.29, 0.717) is 13.0 Å². The summed E-state index contributed by atoms with van der Waals surface area (Å²) in [7, 11) is 0. The number of aromatic nitrogens is 1. The molecule has 0 saturated carbocycles. The van der Waals surface area contributed by atoms with Gasteiger partial charge in [-0.1, -0.05) is 23.9 Å². The Morgan fingerprint density at radius 2 is 2.32 bits per heavy atom. The Balaban J connectivity index is 1.84. The fraction of sp³-hybridized carbons (Fsp3) is 0.385. The second kappa shape index (κ2) is 6.88. The van der Waals surface area contributed by atoms with Crippen molar-refractivity contribution < 1.29 is 9.53 Å². The van der Waals surface area contributed by atoms with Crippen LogP contribution in [0.2, 0.25) is 0 Å². The van der Waals surface area contributed by atoms with Gasteiger partial charge in [0.15, 0.2) is 4.34 Å². The Bertz CT molecular complexity index is 523. The molecule has 0 radical (unpaired) electrons. The van der Waals surface area contributed by atoms with E-state index in [-0.39, 0.29) is 5.97 Å². The smallest absolute Gasteiger partial charge is 0.322 e. The Morgan fingerprint density at radius 1 is 1.53 bits per heavy atom. The van der Waals surface area contributed by atoms with Crippen molar-refractivity contribution >= 4 is 39.3 Å². The van der Waals surface area contributed by atoms with E-state index in [2.05, 4.69) is 11.1 Å². The number of thiazole rings is 1.